The van der Waals surface area contributed by atoms with Crippen LogP contribution in [-0.2, 0) is 16.6 Å². The molecule has 0 atom stereocenters. The number of pyridine rings is 1. The molecular formula is C17H22N2O2S. The topological polar surface area (TPSA) is 59.1 Å². The Labute approximate surface area is 132 Å². The Balaban J connectivity index is 2.19. The first-order chi connectivity index (χ1) is 10.6. The minimum Gasteiger partial charge on any atom is -0.264 e. The number of nitrogens with zero attached hydrogens (tertiary/aromatic N) is 1. The quantitative estimate of drug-likeness (QED) is 0.850. The van der Waals surface area contributed by atoms with Gasteiger partial charge in [-0.2, -0.15) is 0 Å². The van der Waals surface area contributed by atoms with Crippen molar-refractivity contribution >= 4 is 10.0 Å². The van der Waals surface area contributed by atoms with Gasteiger partial charge in [0.05, 0.1) is 4.90 Å². The molecule has 0 aliphatic heterocycles. The molecule has 1 aromatic heterocycles. The fraction of sp³-hybridized carbons (Fsp3) is 0.353. The van der Waals surface area contributed by atoms with Crippen LogP contribution in [-0.4, -0.2) is 13.4 Å². The van der Waals surface area contributed by atoms with Gasteiger partial charge in [0.25, 0.3) is 0 Å². The van der Waals surface area contributed by atoms with Crippen LogP contribution >= 0.6 is 0 Å². The monoisotopic (exact) mass is 318 g/mol. The van der Waals surface area contributed by atoms with Crippen molar-refractivity contribution < 1.29 is 8.42 Å². The molecule has 0 bridgehead atoms. The predicted octanol–water partition coefficient (Wildman–Crippen LogP) is 3.46. The smallest absolute Gasteiger partial charge is 0.240 e. The lowest BCUT2D eigenvalue weighted by atomic mass is 9.91. The van der Waals surface area contributed by atoms with Gasteiger partial charge in [0, 0.05) is 18.9 Å². The molecule has 0 aliphatic carbocycles. The normalized spacial score (nSPS) is 11.8. The minimum atomic E-state index is -3.49. The lowest BCUT2D eigenvalue weighted by Crippen LogP contribution is -2.24. The first-order valence-corrected chi connectivity index (χ1v) is 9.04. The third kappa shape index (κ3) is 3.93. The van der Waals surface area contributed by atoms with Crippen LogP contribution in [0.3, 0.4) is 0 Å². The zero-order valence-electron chi connectivity index (χ0n) is 13.0. The molecule has 0 amide bonds. The van der Waals surface area contributed by atoms with Crippen LogP contribution in [0.5, 0.6) is 0 Å². The van der Waals surface area contributed by atoms with E-state index >= 15 is 0 Å². The fourth-order valence-electron chi connectivity index (χ4n) is 2.57. The fourth-order valence-corrected chi connectivity index (χ4v) is 3.60. The molecule has 0 aliphatic rings. The van der Waals surface area contributed by atoms with Gasteiger partial charge in [0.15, 0.2) is 0 Å². The Hall–Kier alpha value is -1.72. The van der Waals surface area contributed by atoms with Crippen molar-refractivity contribution in [3.05, 3.63) is 59.9 Å². The molecule has 2 aromatic rings. The van der Waals surface area contributed by atoms with E-state index in [9.17, 15) is 8.42 Å². The zero-order valence-corrected chi connectivity index (χ0v) is 13.8. The standard InChI is InChI=1S/C17H22N2O2S/c1-3-14(4-2)17-10-11-18-12-15(17)13-19-22(20,21)16-8-6-5-7-9-16/h5-12,14,19H,3-4,13H2,1-2H3. The first kappa shape index (κ1) is 16.6. The van der Waals surface area contributed by atoms with Crippen molar-refractivity contribution in [3.8, 4) is 0 Å². The van der Waals surface area contributed by atoms with Crippen LogP contribution in [0.1, 0.15) is 43.7 Å². The molecule has 118 valence electrons. The molecule has 2 rings (SSSR count). The van der Waals surface area contributed by atoms with Crippen LogP contribution in [0, 0.1) is 0 Å². The highest BCUT2D eigenvalue weighted by Gasteiger charge is 2.16. The molecule has 0 unspecified atom stereocenters. The molecule has 1 N–H and O–H groups in total. The lowest BCUT2D eigenvalue weighted by Gasteiger charge is -2.17. The molecule has 5 heteroatoms. The summed E-state index contributed by atoms with van der Waals surface area (Å²) in [5, 5.41) is 0. The van der Waals surface area contributed by atoms with Crippen LogP contribution in [0.4, 0.5) is 0 Å². The zero-order chi connectivity index (χ0) is 16.0. The average Bonchev–Trinajstić information content (AvgIpc) is 2.56. The molecule has 0 radical (unpaired) electrons. The second-order valence-corrected chi connectivity index (χ2v) is 6.99. The number of sulfonamides is 1. The third-order valence-electron chi connectivity index (χ3n) is 3.87. The summed E-state index contributed by atoms with van der Waals surface area (Å²) >= 11 is 0. The third-order valence-corrected chi connectivity index (χ3v) is 5.29. The maximum absolute atomic E-state index is 12.3. The van der Waals surface area contributed by atoms with Gasteiger partial charge in [-0.25, -0.2) is 13.1 Å². The summed E-state index contributed by atoms with van der Waals surface area (Å²) in [6.07, 6.45) is 5.57. The van der Waals surface area contributed by atoms with Crippen molar-refractivity contribution in [1.29, 1.82) is 0 Å². The number of nitrogens with one attached hydrogen (secondary N) is 1. The Morgan fingerprint density at radius 1 is 1.09 bits per heavy atom. The van der Waals surface area contributed by atoms with Crippen molar-refractivity contribution in [3.63, 3.8) is 0 Å². The van der Waals surface area contributed by atoms with Gasteiger partial charge in [-0.1, -0.05) is 32.0 Å². The Kier molecular flexibility index (Phi) is 5.69. The highest BCUT2D eigenvalue weighted by atomic mass is 32.2. The average molecular weight is 318 g/mol. The van der Waals surface area contributed by atoms with Crippen LogP contribution in [0.25, 0.3) is 0 Å². The highest BCUT2D eigenvalue weighted by molar-refractivity contribution is 7.89. The largest absolute Gasteiger partial charge is 0.264 e. The van der Waals surface area contributed by atoms with Crippen molar-refractivity contribution in [2.45, 2.75) is 44.0 Å². The number of hydrogen-bond donors (Lipinski definition) is 1. The van der Waals surface area contributed by atoms with Crippen LogP contribution < -0.4 is 4.72 Å². The molecule has 22 heavy (non-hydrogen) atoms. The summed E-state index contributed by atoms with van der Waals surface area (Å²) in [4.78, 5) is 4.42. The molecule has 0 saturated carbocycles. The lowest BCUT2D eigenvalue weighted by molar-refractivity contribution is 0.579. The summed E-state index contributed by atoms with van der Waals surface area (Å²) in [5.74, 6) is 0.430. The van der Waals surface area contributed by atoms with Gasteiger partial charge in [-0.15, -0.1) is 0 Å². The molecule has 4 nitrogen and oxygen atoms in total. The van der Waals surface area contributed by atoms with Crippen molar-refractivity contribution in [2.75, 3.05) is 0 Å². The number of rotatable bonds is 7. The summed E-state index contributed by atoms with van der Waals surface area (Å²) in [6.45, 7) is 4.55. The molecule has 1 heterocycles. The summed E-state index contributed by atoms with van der Waals surface area (Å²) in [6, 6.07) is 10.4. The van der Waals surface area contributed by atoms with Gasteiger partial charge in [0.1, 0.15) is 0 Å². The maximum Gasteiger partial charge on any atom is 0.240 e. The van der Waals surface area contributed by atoms with Crippen LogP contribution in [0.2, 0.25) is 0 Å². The Morgan fingerprint density at radius 2 is 1.77 bits per heavy atom. The summed E-state index contributed by atoms with van der Waals surface area (Å²) in [5.41, 5.74) is 2.12. The minimum absolute atomic E-state index is 0.261. The molecule has 0 fully saturated rings. The van der Waals surface area contributed by atoms with E-state index < -0.39 is 10.0 Å². The maximum atomic E-state index is 12.3. The van der Waals surface area contributed by atoms with E-state index in [1.165, 1.54) is 5.56 Å². The SMILES string of the molecule is CCC(CC)c1ccncc1CNS(=O)(=O)c1ccccc1. The van der Waals surface area contributed by atoms with Gasteiger partial charge in [-0.3, -0.25) is 4.98 Å². The number of benzene rings is 1. The molecule has 1 aromatic carbocycles. The van der Waals surface area contributed by atoms with Crippen molar-refractivity contribution in [2.24, 2.45) is 0 Å². The summed E-state index contributed by atoms with van der Waals surface area (Å²) < 4.78 is 27.3. The van der Waals surface area contributed by atoms with E-state index in [0.717, 1.165) is 18.4 Å². The van der Waals surface area contributed by atoms with E-state index in [2.05, 4.69) is 23.6 Å². The van der Waals surface area contributed by atoms with E-state index in [1.807, 2.05) is 6.07 Å². The summed E-state index contributed by atoms with van der Waals surface area (Å²) in [7, 11) is -3.49. The Bertz CT molecular complexity index is 696. The van der Waals surface area contributed by atoms with E-state index in [-0.39, 0.29) is 11.4 Å². The van der Waals surface area contributed by atoms with Gasteiger partial charge in [-0.05, 0) is 48.1 Å². The van der Waals surface area contributed by atoms with E-state index in [4.69, 9.17) is 0 Å². The second-order valence-electron chi connectivity index (χ2n) is 5.23. The van der Waals surface area contributed by atoms with Crippen molar-refractivity contribution in [1.82, 2.24) is 9.71 Å². The number of hydrogen-bond acceptors (Lipinski definition) is 3. The molecule has 0 saturated heterocycles. The first-order valence-electron chi connectivity index (χ1n) is 7.56. The number of aromatic nitrogens is 1. The second kappa shape index (κ2) is 7.51. The van der Waals surface area contributed by atoms with Crippen LogP contribution in [0.15, 0.2) is 53.7 Å². The van der Waals surface area contributed by atoms with E-state index in [1.54, 1.807) is 42.7 Å². The molecule has 0 spiro atoms. The predicted molar refractivity (Wildman–Crippen MR) is 88.0 cm³/mol. The van der Waals surface area contributed by atoms with Gasteiger partial charge in [0.2, 0.25) is 10.0 Å². The molecular weight excluding hydrogens is 296 g/mol. The van der Waals surface area contributed by atoms with Gasteiger partial charge >= 0.3 is 0 Å². The highest BCUT2D eigenvalue weighted by Crippen LogP contribution is 2.25. The van der Waals surface area contributed by atoms with Gasteiger partial charge < -0.3 is 0 Å². The van der Waals surface area contributed by atoms with E-state index in [0.29, 0.717) is 5.92 Å². The Morgan fingerprint density at radius 3 is 2.41 bits per heavy atom.